The van der Waals surface area contributed by atoms with Crippen LogP contribution in [0.25, 0.3) is 0 Å². The quantitative estimate of drug-likeness (QED) is 0.918. The SMILES string of the molecule is Cc1cc(C)c(C(=O)N2CCCC(Nc3ccc(C)c(C)c3)C2)o1. The molecule has 1 aromatic heterocycles. The number of carbonyl (C=O) groups excluding carboxylic acids is 1. The Bertz CT molecular complexity index is 748. The molecule has 1 aromatic carbocycles. The predicted octanol–water partition coefficient (Wildman–Crippen LogP) is 4.23. The monoisotopic (exact) mass is 326 g/mol. The van der Waals surface area contributed by atoms with Crippen LogP contribution in [0, 0.1) is 27.7 Å². The Balaban J connectivity index is 1.68. The number of benzene rings is 1. The van der Waals surface area contributed by atoms with Gasteiger partial charge in [0.1, 0.15) is 5.76 Å². The van der Waals surface area contributed by atoms with Gasteiger partial charge in [0.15, 0.2) is 5.76 Å². The highest BCUT2D eigenvalue weighted by atomic mass is 16.4. The smallest absolute Gasteiger partial charge is 0.289 e. The zero-order valence-corrected chi connectivity index (χ0v) is 15.0. The van der Waals surface area contributed by atoms with Crippen molar-refractivity contribution in [3.05, 3.63) is 52.5 Å². The van der Waals surface area contributed by atoms with Crippen LogP contribution in [0.1, 0.15) is 45.8 Å². The Morgan fingerprint density at radius 1 is 1.12 bits per heavy atom. The number of piperidine rings is 1. The van der Waals surface area contributed by atoms with Crippen LogP contribution in [0.2, 0.25) is 0 Å². The van der Waals surface area contributed by atoms with Crippen LogP contribution in [0.5, 0.6) is 0 Å². The second-order valence-corrected chi connectivity index (χ2v) is 6.90. The Morgan fingerprint density at radius 3 is 2.58 bits per heavy atom. The molecule has 1 unspecified atom stereocenters. The minimum Gasteiger partial charge on any atom is -0.456 e. The third-order valence-electron chi connectivity index (χ3n) is 4.82. The topological polar surface area (TPSA) is 45.5 Å². The molecule has 0 radical (unpaired) electrons. The zero-order valence-electron chi connectivity index (χ0n) is 15.0. The van der Waals surface area contributed by atoms with Crippen LogP contribution in [0.3, 0.4) is 0 Å². The number of nitrogens with one attached hydrogen (secondary N) is 1. The van der Waals surface area contributed by atoms with Crippen LogP contribution in [-0.2, 0) is 0 Å². The second-order valence-electron chi connectivity index (χ2n) is 6.90. The molecule has 1 aliphatic heterocycles. The first-order valence-corrected chi connectivity index (χ1v) is 8.64. The first kappa shape index (κ1) is 16.6. The van der Waals surface area contributed by atoms with Crippen LogP contribution >= 0.6 is 0 Å². The molecule has 0 saturated carbocycles. The van der Waals surface area contributed by atoms with Crippen molar-refractivity contribution in [2.45, 2.75) is 46.6 Å². The molecule has 4 heteroatoms. The number of amides is 1. The van der Waals surface area contributed by atoms with Gasteiger partial charge in [0, 0.05) is 30.4 Å². The second kappa shape index (κ2) is 6.71. The lowest BCUT2D eigenvalue weighted by atomic mass is 10.0. The summed E-state index contributed by atoms with van der Waals surface area (Å²) in [5, 5.41) is 3.58. The Labute approximate surface area is 143 Å². The van der Waals surface area contributed by atoms with E-state index in [2.05, 4.69) is 37.4 Å². The van der Waals surface area contributed by atoms with Gasteiger partial charge in [0.25, 0.3) is 5.91 Å². The van der Waals surface area contributed by atoms with Crippen molar-refractivity contribution in [1.82, 2.24) is 4.90 Å². The summed E-state index contributed by atoms with van der Waals surface area (Å²) in [4.78, 5) is 14.6. The zero-order chi connectivity index (χ0) is 17.3. The standard InChI is InChI=1S/C20H26N2O2/c1-13-7-8-17(11-14(13)2)21-18-6-5-9-22(12-18)20(23)19-15(3)10-16(4)24-19/h7-8,10-11,18,21H,5-6,9,12H2,1-4H3. The van der Waals surface area contributed by atoms with Gasteiger partial charge in [-0.05, 0) is 69.9 Å². The summed E-state index contributed by atoms with van der Waals surface area (Å²) < 4.78 is 5.60. The number of nitrogens with zero attached hydrogens (tertiary/aromatic N) is 1. The van der Waals surface area contributed by atoms with Gasteiger partial charge in [-0.15, -0.1) is 0 Å². The molecule has 1 aliphatic rings. The molecular weight excluding hydrogens is 300 g/mol. The fourth-order valence-electron chi connectivity index (χ4n) is 3.34. The summed E-state index contributed by atoms with van der Waals surface area (Å²) >= 11 is 0. The highest BCUT2D eigenvalue weighted by molar-refractivity contribution is 5.93. The summed E-state index contributed by atoms with van der Waals surface area (Å²) in [7, 11) is 0. The lowest BCUT2D eigenvalue weighted by Crippen LogP contribution is -2.45. The van der Waals surface area contributed by atoms with E-state index < -0.39 is 0 Å². The van der Waals surface area contributed by atoms with E-state index in [9.17, 15) is 4.79 Å². The van der Waals surface area contributed by atoms with Gasteiger partial charge >= 0.3 is 0 Å². The number of hydrogen-bond donors (Lipinski definition) is 1. The van der Waals surface area contributed by atoms with Crippen molar-refractivity contribution in [2.24, 2.45) is 0 Å². The molecule has 0 aliphatic carbocycles. The molecule has 128 valence electrons. The molecule has 3 rings (SSSR count). The third kappa shape index (κ3) is 3.48. The molecule has 24 heavy (non-hydrogen) atoms. The summed E-state index contributed by atoms with van der Waals surface area (Å²) in [6, 6.07) is 8.63. The average Bonchev–Trinajstić information content (AvgIpc) is 2.89. The van der Waals surface area contributed by atoms with Gasteiger partial charge in [0.2, 0.25) is 0 Å². The lowest BCUT2D eigenvalue weighted by Gasteiger charge is -2.33. The number of hydrogen-bond acceptors (Lipinski definition) is 3. The minimum absolute atomic E-state index is 0.00665. The van der Waals surface area contributed by atoms with Crippen LogP contribution < -0.4 is 5.32 Å². The fraction of sp³-hybridized carbons (Fsp3) is 0.450. The maximum absolute atomic E-state index is 12.7. The van der Waals surface area contributed by atoms with E-state index in [1.807, 2.05) is 24.8 Å². The van der Waals surface area contributed by atoms with E-state index >= 15 is 0 Å². The van der Waals surface area contributed by atoms with Crippen molar-refractivity contribution < 1.29 is 9.21 Å². The van der Waals surface area contributed by atoms with E-state index in [1.54, 1.807) is 0 Å². The first-order valence-electron chi connectivity index (χ1n) is 8.64. The van der Waals surface area contributed by atoms with Gasteiger partial charge in [-0.25, -0.2) is 0 Å². The first-order chi connectivity index (χ1) is 11.4. The van der Waals surface area contributed by atoms with Crippen molar-refractivity contribution in [3.8, 4) is 0 Å². The largest absolute Gasteiger partial charge is 0.456 e. The van der Waals surface area contributed by atoms with Crippen molar-refractivity contribution in [1.29, 1.82) is 0 Å². The summed E-state index contributed by atoms with van der Waals surface area (Å²) in [6.45, 7) is 9.56. The molecule has 0 bridgehead atoms. The van der Waals surface area contributed by atoms with Crippen molar-refractivity contribution in [2.75, 3.05) is 18.4 Å². The van der Waals surface area contributed by atoms with Crippen molar-refractivity contribution in [3.63, 3.8) is 0 Å². The van der Waals surface area contributed by atoms with Gasteiger partial charge in [-0.1, -0.05) is 6.07 Å². The number of furan rings is 1. The van der Waals surface area contributed by atoms with Crippen LogP contribution in [0.15, 0.2) is 28.7 Å². The molecule has 0 spiro atoms. The number of likely N-dealkylation sites (tertiary alicyclic amines) is 1. The molecule has 2 aromatic rings. The highest BCUT2D eigenvalue weighted by Gasteiger charge is 2.27. The molecule has 1 amide bonds. The molecule has 1 fully saturated rings. The molecular formula is C20H26N2O2. The highest BCUT2D eigenvalue weighted by Crippen LogP contribution is 2.22. The Kier molecular flexibility index (Phi) is 4.65. The number of anilines is 1. The van der Waals surface area contributed by atoms with E-state index in [4.69, 9.17) is 4.42 Å². The van der Waals surface area contributed by atoms with Crippen molar-refractivity contribution >= 4 is 11.6 Å². The lowest BCUT2D eigenvalue weighted by molar-refractivity contribution is 0.0680. The van der Waals surface area contributed by atoms with Crippen LogP contribution in [0.4, 0.5) is 5.69 Å². The third-order valence-corrected chi connectivity index (χ3v) is 4.82. The van der Waals surface area contributed by atoms with E-state index in [-0.39, 0.29) is 11.9 Å². The molecule has 2 heterocycles. The molecule has 1 saturated heterocycles. The Morgan fingerprint density at radius 2 is 1.92 bits per heavy atom. The Hall–Kier alpha value is -2.23. The normalized spacial score (nSPS) is 17.8. The maximum Gasteiger partial charge on any atom is 0.289 e. The molecule has 1 N–H and O–H groups in total. The molecule has 4 nitrogen and oxygen atoms in total. The van der Waals surface area contributed by atoms with Gasteiger partial charge in [-0.3, -0.25) is 4.79 Å². The van der Waals surface area contributed by atoms with E-state index in [1.165, 1.54) is 11.1 Å². The number of rotatable bonds is 3. The average molecular weight is 326 g/mol. The maximum atomic E-state index is 12.7. The van der Waals surface area contributed by atoms with Gasteiger partial charge < -0.3 is 14.6 Å². The summed E-state index contributed by atoms with van der Waals surface area (Å²) in [5.41, 5.74) is 4.62. The number of aryl methyl sites for hydroxylation is 4. The number of carbonyl (C=O) groups is 1. The van der Waals surface area contributed by atoms with E-state index in [0.717, 1.165) is 36.4 Å². The summed E-state index contributed by atoms with van der Waals surface area (Å²) in [6.07, 6.45) is 2.08. The minimum atomic E-state index is 0.00665. The van der Waals surface area contributed by atoms with Crippen LogP contribution in [-0.4, -0.2) is 29.9 Å². The summed E-state index contributed by atoms with van der Waals surface area (Å²) in [5.74, 6) is 1.28. The fourth-order valence-corrected chi connectivity index (χ4v) is 3.34. The molecule has 1 atom stereocenters. The van der Waals surface area contributed by atoms with E-state index in [0.29, 0.717) is 12.3 Å². The van der Waals surface area contributed by atoms with Gasteiger partial charge in [0.05, 0.1) is 0 Å². The van der Waals surface area contributed by atoms with Gasteiger partial charge in [-0.2, -0.15) is 0 Å². The predicted molar refractivity (Wildman–Crippen MR) is 96.6 cm³/mol.